The molecular formula is C23H21F6N3O7S. The van der Waals surface area contributed by atoms with Crippen molar-refractivity contribution in [3.8, 4) is 5.75 Å². The molecule has 1 heterocycles. The van der Waals surface area contributed by atoms with E-state index in [4.69, 9.17) is 5.11 Å². The number of nitrogens with one attached hydrogen (secondary N) is 1. The number of carboxylic acid groups (broad SMARTS) is 1. The van der Waals surface area contributed by atoms with Gasteiger partial charge >= 0.3 is 5.97 Å². The Kier molecular flexibility index (Phi) is 9.75. The number of rotatable bonds is 11. The molecular weight excluding hydrogens is 576 g/mol. The fourth-order valence-electron chi connectivity index (χ4n) is 3.77. The van der Waals surface area contributed by atoms with E-state index in [1.165, 1.54) is 4.90 Å². The van der Waals surface area contributed by atoms with E-state index in [1.807, 2.05) is 0 Å². The van der Waals surface area contributed by atoms with E-state index in [2.05, 4.69) is 10.1 Å². The van der Waals surface area contributed by atoms with E-state index in [-0.39, 0.29) is 32.2 Å². The second kappa shape index (κ2) is 12.6. The Morgan fingerprint density at radius 3 is 2.00 bits per heavy atom. The lowest BCUT2D eigenvalue weighted by Gasteiger charge is -2.33. The summed E-state index contributed by atoms with van der Waals surface area (Å²) in [6, 6.07) is 0.743. The van der Waals surface area contributed by atoms with Crippen molar-refractivity contribution in [3.05, 3.63) is 59.2 Å². The fraction of sp³-hybridized carbons (Fsp3) is 0.348. The van der Waals surface area contributed by atoms with Gasteiger partial charge in [-0.25, -0.2) is 26.0 Å². The van der Waals surface area contributed by atoms with E-state index in [9.17, 15) is 49.1 Å². The van der Waals surface area contributed by atoms with Gasteiger partial charge in [-0.15, -0.1) is 0 Å². The maximum Gasteiger partial charge on any atom is 0.305 e. The number of aliphatic carboxylic acids is 1. The SMILES string of the molecule is O=C(O)CC(NC(=O)CN1CCN(S(=O)(=O)c2c(F)cccc2F)CC1)C(=O)COc1c(F)c(F)cc(F)c1F. The lowest BCUT2D eigenvalue weighted by atomic mass is 10.1. The monoisotopic (exact) mass is 597 g/mol. The van der Waals surface area contributed by atoms with Gasteiger partial charge in [-0.2, -0.15) is 13.1 Å². The number of Topliss-reactive ketones (excluding diaryl/α,β-unsaturated/α-hetero) is 1. The van der Waals surface area contributed by atoms with Crippen LogP contribution in [0.15, 0.2) is 29.2 Å². The zero-order valence-electron chi connectivity index (χ0n) is 20.3. The number of hydrogen-bond acceptors (Lipinski definition) is 7. The molecule has 10 nitrogen and oxygen atoms in total. The van der Waals surface area contributed by atoms with Gasteiger partial charge in [-0.05, 0) is 12.1 Å². The van der Waals surface area contributed by atoms with Crippen LogP contribution in [0.2, 0.25) is 0 Å². The molecule has 17 heteroatoms. The molecule has 0 aliphatic carbocycles. The van der Waals surface area contributed by atoms with Gasteiger partial charge in [0.05, 0.1) is 13.0 Å². The predicted octanol–water partition coefficient (Wildman–Crippen LogP) is 1.44. The zero-order valence-corrected chi connectivity index (χ0v) is 21.1. The molecule has 2 aromatic carbocycles. The van der Waals surface area contributed by atoms with Gasteiger partial charge in [0.1, 0.15) is 24.3 Å². The average molecular weight is 597 g/mol. The molecule has 1 fully saturated rings. The summed E-state index contributed by atoms with van der Waals surface area (Å²) in [4.78, 5) is 36.4. The van der Waals surface area contributed by atoms with Crippen molar-refractivity contribution in [2.24, 2.45) is 0 Å². The summed E-state index contributed by atoms with van der Waals surface area (Å²) in [6.45, 7) is -2.37. The minimum atomic E-state index is -4.53. The Hall–Kier alpha value is -3.70. The Bertz CT molecular complexity index is 1370. The standard InChI is InChI=1S/C23H21F6N3O7S/c24-12-2-1-3-13(25)23(12)40(37,38)32-6-4-31(5-7-32)10-18(34)30-16(9-19(35)36)17(33)11-39-22-20(28)14(26)8-15(27)21(22)29/h1-3,8,16H,4-7,9-11H2,(H,30,34)(H,35,36). The molecule has 0 spiro atoms. The lowest BCUT2D eigenvalue weighted by molar-refractivity contribution is -0.140. The van der Waals surface area contributed by atoms with Gasteiger partial charge in [-0.1, -0.05) is 6.07 Å². The van der Waals surface area contributed by atoms with Gasteiger partial charge in [0.15, 0.2) is 28.1 Å². The van der Waals surface area contributed by atoms with Crippen LogP contribution in [0, 0.1) is 34.9 Å². The highest BCUT2D eigenvalue weighted by molar-refractivity contribution is 7.89. The summed E-state index contributed by atoms with van der Waals surface area (Å²) >= 11 is 0. The van der Waals surface area contributed by atoms with Crippen LogP contribution in [0.3, 0.4) is 0 Å². The fourth-order valence-corrected chi connectivity index (χ4v) is 5.30. The summed E-state index contributed by atoms with van der Waals surface area (Å²) in [7, 11) is -4.53. The number of carbonyl (C=O) groups excluding carboxylic acids is 2. The minimum absolute atomic E-state index is 0.0763. The number of benzene rings is 2. The van der Waals surface area contributed by atoms with E-state index < -0.39 is 98.8 Å². The maximum absolute atomic E-state index is 14.0. The second-order valence-electron chi connectivity index (χ2n) is 8.50. The topological polar surface area (TPSA) is 133 Å². The van der Waals surface area contributed by atoms with Gasteiger partial charge in [0.2, 0.25) is 27.6 Å². The summed E-state index contributed by atoms with van der Waals surface area (Å²) in [5.74, 6) is -15.2. The molecule has 3 rings (SSSR count). The molecule has 0 radical (unpaired) electrons. The highest BCUT2D eigenvalue weighted by atomic mass is 32.2. The van der Waals surface area contributed by atoms with Crippen molar-refractivity contribution in [1.29, 1.82) is 0 Å². The Labute approximate surface area is 223 Å². The van der Waals surface area contributed by atoms with Crippen LogP contribution in [0.4, 0.5) is 26.3 Å². The molecule has 2 aromatic rings. The first kappa shape index (κ1) is 30.8. The van der Waals surface area contributed by atoms with E-state index in [0.717, 1.165) is 22.5 Å². The van der Waals surface area contributed by atoms with Crippen molar-refractivity contribution >= 4 is 27.7 Å². The minimum Gasteiger partial charge on any atom is -0.481 e. The zero-order chi connectivity index (χ0) is 29.8. The van der Waals surface area contributed by atoms with Crippen LogP contribution in [0.5, 0.6) is 5.75 Å². The molecule has 1 unspecified atom stereocenters. The third-order valence-electron chi connectivity index (χ3n) is 5.75. The van der Waals surface area contributed by atoms with Gasteiger partial charge in [-0.3, -0.25) is 19.3 Å². The molecule has 1 atom stereocenters. The first-order chi connectivity index (χ1) is 18.7. The summed E-state index contributed by atoms with van der Waals surface area (Å²) in [6.07, 6.45) is -0.976. The first-order valence-electron chi connectivity index (χ1n) is 11.4. The highest BCUT2D eigenvalue weighted by Crippen LogP contribution is 2.27. The van der Waals surface area contributed by atoms with E-state index >= 15 is 0 Å². The number of ketones is 1. The number of amides is 1. The number of ether oxygens (including phenoxy) is 1. The van der Waals surface area contributed by atoms with Crippen LogP contribution in [0.25, 0.3) is 0 Å². The van der Waals surface area contributed by atoms with Crippen molar-refractivity contribution in [1.82, 2.24) is 14.5 Å². The van der Waals surface area contributed by atoms with Crippen LogP contribution in [0.1, 0.15) is 6.42 Å². The number of carbonyl (C=O) groups is 3. The smallest absolute Gasteiger partial charge is 0.305 e. The molecule has 1 amide bonds. The normalized spacial score (nSPS) is 15.4. The van der Waals surface area contributed by atoms with Gasteiger partial charge < -0.3 is 15.2 Å². The second-order valence-corrected chi connectivity index (χ2v) is 10.4. The Morgan fingerprint density at radius 1 is 0.925 bits per heavy atom. The predicted molar refractivity (Wildman–Crippen MR) is 123 cm³/mol. The number of hydrogen-bond donors (Lipinski definition) is 2. The Balaban J connectivity index is 1.59. The van der Waals surface area contributed by atoms with Gasteiger partial charge in [0, 0.05) is 32.2 Å². The van der Waals surface area contributed by atoms with Crippen LogP contribution in [-0.2, 0) is 24.4 Å². The number of carboxylic acids is 1. The molecule has 0 bridgehead atoms. The van der Waals surface area contributed by atoms with Crippen LogP contribution < -0.4 is 10.1 Å². The first-order valence-corrected chi connectivity index (χ1v) is 12.8. The summed E-state index contributed by atoms with van der Waals surface area (Å²) in [5.41, 5.74) is 0. The van der Waals surface area contributed by atoms with Crippen molar-refractivity contribution in [3.63, 3.8) is 0 Å². The van der Waals surface area contributed by atoms with Crippen molar-refractivity contribution in [2.45, 2.75) is 17.4 Å². The van der Waals surface area contributed by atoms with E-state index in [0.29, 0.717) is 0 Å². The molecule has 40 heavy (non-hydrogen) atoms. The molecule has 1 saturated heterocycles. The number of piperazine rings is 1. The van der Waals surface area contributed by atoms with Crippen LogP contribution >= 0.6 is 0 Å². The molecule has 0 aromatic heterocycles. The molecule has 1 aliphatic heterocycles. The summed E-state index contributed by atoms with van der Waals surface area (Å²) < 4.78 is 113. The third kappa shape index (κ3) is 7.08. The maximum atomic E-state index is 14.0. The highest BCUT2D eigenvalue weighted by Gasteiger charge is 2.34. The quantitative estimate of drug-likeness (QED) is 0.294. The average Bonchev–Trinajstić information content (AvgIpc) is 2.86. The molecule has 0 saturated carbocycles. The number of halogens is 6. The number of nitrogens with zero attached hydrogens (tertiary/aromatic N) is 2. The summed E-state index contributed by atoms with van der Waals surface area (Å²) in [5, 5.41) is 11.2. The molecule has 1 aliphatic rings. The van der Waals surface area contributed by atoms with Gasteiger partial charge in [0.25, 0.3) is 0 Å². The van der Waals surface area contributed by atoms with Crippen molar-refractivity contribution < 1.29 is 59.0 Å². The Morgan fingerprint density at radius 2 is 1.48 bits per heavy atom. The van der Waals surface area contributed by atoms with Crippen LogP contribution in [-0.4, -0.2) is 85.8 Å². The number of sulfonamides is 1. The molecule has 2 N–H and O–H groups in total. The lowest BCUT2D eigenvalue weighted by Crippen LogP contribution is -2.53. The van der Waals surface area contributed by atoms with E-state index in [1.54, 1.807) is 0 Å². The third-order valence-corrected chi connectivity index (χ3v) is 7.70. The molecule has 218 valence electrons. The largest absolute Gasteiger partial charge is 0.481 e. The van der Waals surface area contributed by atoms with Crippen molar-refractivity contribution in [2.75, 3.05) is 39.3 Å².